The van der Waals surface area contributed by atoms with Crippen molar-refractivity contribution in [2.24, 2.45) is 10.8 Å². The minimum Gasteiger partial charge on any atom is -0.481 e. The maximum absolute atomic E-state index is 11.4. The minimum absolute atomic E-state index is 0.0256. The highest BCUT2D eigenvalue weighted by Gasteiger charge is 2.31. The number of carboxylic acids is 1. The Morgan fingerprint density at radius 3 is 2.21 bits per heavy atom. The van der Waals surface area contributed by atoms with Crippen LogP contribution in [0.15, 0.2) is 0 Å². The smallest absolute Gasteiger partial charge is 0.309 e. The molecule has 2 unspecified atom stereocenters. The molecule has 0 spiro atoms. The number of ether oxygens (including phenoxy) is 1. The molecule has 0 aliphatic heterocycles. The molecular formula is C18H33ClO5. The van der Waals surface area contributed by atoms with Gasteiger partial charge in [-0.05, 0) is 51.9 Å². The first-order valence-corrected chi connectivity index (χ1v) is 9.31. The number of aliphatic hydroxyl groups is 1. The Labute approximate surface area is 150 Å². The van der Waals surface area contributed by atoms with Crippen LogP contribution in [0.5, 0.6) is 0 Å². The number of alkyl halides is 1. The Bertz CT molecular complexity index is 363. The molecule has 24 heavy (non-hydrogen) atoms. The summed E-state index contributed by atoms with van der Waals surface area (Å²) in [6, 6.07) is 0. The largest absolute Gasteiger partial charge is 0.481 e. The van der Waals surface area contributed by atoms with Crippen molar-refractivity contribution in [3.8, 4) is 0 Å². The molecule has 6 heteroatoms. The third kappa shape index (κ3) is 9.60. The van der Waals surface area contributed by atoms with E-state index in [1.807, 2.05) is 6.92 Å². The Morgan fingerprint density at radius 2 is 1.67 bits per heavy atom. The molecule has 0 aromatic rings. The molecule has 142 valence electrons. The van der Waals surface area contributed by atoms with Gasteiger partial charge in [0.1, 0.15) is 6.29 Å². The van der Waals surface area contributed by atoms with Gasteiger partial charge in [-0.25, -0.2) is 0 Å². The average Bonchev–Trinajstić information content (AvgIpc) is 2.55. The predicted molar refractivity (Wildman–Crippen MR) is 95.5 cm³/mol. The molecule has 0 bridgehead atoms. The molecule has 0 heterocycles. The summed E-state index contributed by atoms with van der Waals surface area (Å²) in [7, 11) is 0. The van der Waals surface area contributed by atoms with Gasteiger partial charge in [0.25, 0.3) is 0 Å². The number of halogens is 1. The van der Waals surface area contributed by atoms with Crippen LogP contribution in [-0.4, -0.2) is 48.2 Å². The van der Waals surface area contributed by atoms with Gasteiger partial charge < -0.3 is 19.7 Å². The van der Waals surface area contributed by atoms with Gasteiger partial charge in [-0.15, -0.1) is 11.6 Å². The molecule has 0 aromatic heterocycles. The van der Waals surface area contributed by atoms with Gasteiger partial charge in [0, 0.05) is 31.1 Å². The van der Waals surface area contributed by atoms with Crippen molar-refractivity contribution in [3.05, 3.63) is 0 Å². The van der Waals surface area contributed by atoms with Crippen molar-refractivity contribution < 1.29 is 24.5 Å². The van der Waals surface area contributed by atoms with Crippen molar-refractivity contribution in [1.29, 1.82) is 0 Å². The molecule has 0 saturated heterocycles. The fourth-order valence-electron chi connectivity index (χ4n) is 2.69. The first-order valence-electron chi connectivity index (χ1n) is 8.78. The molecule has 0 fully saturated rings. The van der Waals surface area contributed by atoms with E-state index in [0.29, 0.717) is 51.2 Å². The standard InChI is InChI=1S/C18H33ClO5/c1-17(15-21,10-12-20)7-3-4-13-24-14-6-9-18(2,16(22)23)8-5-11-19/h15,20H,3-14H2,1-2H3,(H,22,23). The quantitative estimate of drug-likeness (QED) is 0.248. The maximum atomic E-state index is 11.4. The van der Waals surface area contributed by atoms with Gasteiger partial charge in [0.2, 0.25) is 0 Å². The van der Waals surface area contributed by atoms with Crippen LogP contribution in [0.25, 0.3) is 0 Å². The lowest BCUT2D eigenvalue weighted by molar-refractivity contribution is -0.149. The normalized spacial score (nSPS) is 16.3. The molecular weight excluding hydrogens is 332 g/mol. The van der Waals surface area contributed by atoms with Gasteiger partial charge >= 0.3 is 5.97 Å². The zero-order valence-electron chi connectivity index (χ0n) is 15.1. The van der Waals surface area contributed by atoms with E-state index in [0.717, 1.165) is 25.5 Å². The third-order valence-electron chi connectivity index (χ3n) is 4.65. The molecule has 0 rings (SSSR count). The van der Waals surface area contributed by atoms with Crippen molar-refractivity contribution >= 4 is 23.9 Å². The number of aldehydes is 1. The fraction of sp³-hybridized carbons (Fsp3) is 0.889. The van der Waals surface area contributed by atoms with Crippen LogP contribution in [-0.2, 0) is 14.3 Å². The number of rotatable bonds is 16. The van der Waals surface area contributed by atoms with E-state index in [1.165, 1.54) is 0 Å². The number of carboxylic acid groups (broad SMARTS) is 1. The van der Waals surface area contributed by atoms with Gasteiger partial charge in [0.15, 0.2) is 0 Å². The first-order chi connectivity index (χ1) is 11.3. The zero-order valence-corrected chi connectivity index (χ0v) is 15.8. The van der Waals surface area contributed by atoms with E-state index in [9.17, 15) is 14.7 Å². The monoisotopic (exact) mass is 364 g/mol. The Balaban J connectivity index is 3.82. The summed E-state index contributed by atoms with van der Waals surface area (Å²) in [5, 5.41) is 18.3. The number of aliphatic carboxylic acids is 1. The summed E-state index contributed by atoms with van der Waals surface area (Å²) in [5.74, 6) is -0.292. The number of carbonyl (C=O) groups is 2. The Hall–Kier alpha value is -0.650. The summed E-state index contributed by atoms with van der Waals surface area (Å²) in [4.78, 5) is 22.4. The molecule has 0 saturated carbocycles. The van der Waals surface area contributed by atoms with Crippen LogP contribution in [0.1, 0.15) is 65.2 Å². The summed E-state index contributed by atoms with van der Waals surface area (Å²) in [6.07, 6.45) is 6.48. The average molecular weight is 365 g/mol. The van der Waals surface area contributed by atoms with Crippen LogP contribution in [0.4, 0.5) is 0 Å². The van der Waals surface area contributed by atoms with Crippen LogP contribution < -0.4 is 0 Å². The van der Waals surface area contributed by atoms with Crippen LogP contribution >= 0.6 is 11.6 Å². The molecule has 2 atom stereocenters. The van der Waals surface area contributed by atoms with Crippen molar-refractivity contribution in [1.82, 2.24) is 0 Å². The highest BCUT2D eigenvalue weighted by atomic mass is 35.5. The van der Waals surface area contributed by atoms with Crippen molar-refractivity contribution in [2.75, 3.05) is 25.7 Å². The van der Waals surface area contributed by atoms with E-state index in [2.05, 4.69) is 0 Å². The number of hydrogen-bond acceptors (Lipinski definition) is 4. The lowest BCUT2D eigenvalue weighted by Crippen LogP contribution is -2.28. The van der Waals surface area contributed by atoms with Gasteiger partial charge in [-0.3, -0.25) is 4.79 Å². The SMILES string of the molecule is CC(C=O)(CCO)CCCCOCCCC(C)(CCCCl)C(=O)O. The van der Waals surface area contributed by atoms with E-state index in [4.69, 9.17) is 21.4 Å². The van der Waals surface area contributed by atoms with Crippen LogP contribution in [0.2, 0.25) is 0 Å². The van der Waals surface area contributed by atoms with Crippen molar-refractivity contribution in [2.45, 2.75) is 65.2 Å². The maximum Gasteiger partial charge on any atom is 0.309 e. The summed E-state index contributed by atoms with van der Waals surface area (Å²) >= 11 is 5.65. The topological polar surface area (TPSA) is 83.8 Å². The molecule has 2 N–H and O–H groups in total. The van der Waals surface area contributed by atoms with Gasteiger partial charge in [0.05, 0.1) is 5.41 Å². The molecule has 0 radical (unpaired) electrons. The molecule has 0 aromatic carbocycles. The third-order valence-corrected chi connectivity index (χ3v) is 4.92. The molecule has 0 amide bonds. The summed E-state index contributed by atoms with van der Waals surface area (Å²) in [6.45, 7) is 4.82. The Kier molecular flexibility index (Phi) is 12.3. The van der Waals surface area contributed by atoms with E-state index >= 15 is 0 Å². The highest BCUT2D eigenvalue weighted by Crippen LogP contribution is 2.30. The Morgan fingerprint density at radius 1 is 1.04 bits per heavy atom. The lowest BCUT2D eigenvalue weighted by atomic mass is 9.81. The fourth-order valence-corrected chi connectivity index (χ4v) is 2.83. The van der Waals surface area contributed by atoms with Crippen molar-refractivity contribution in [3.63, 3.8) is 0 Å². The molecule has 0 aliphatic rings. The van der Waals surface area contributed by atoms with Crippen LogP contribution in [0, 0.1) is 10.8 Å². The van der Waals surface area contributed by atoms with Gasteiger partial charge in [-0.2, -0.15) is 0 Å². The zero-order chi connectivity index (χ0) is 18.5. The van der Waals surface area contributed by atoms with Gasteiger partial charge in [-0.1, -0.05) is 13.3 Å². The highest BCUT2D eigenvalue weighted by molar-refractivity contribution is 6.17. The second-order valence-corrected chi connectivity index (χ2v) is 7.45. The molecule has 0 aliphatic carbocycles. The van der Waals surface area contributed by atoms with E-state index < -0.39 is 16.8 Å². The van der Waals surface area contributed by atoms with E-state index in [-0.39, 0.29) is 6.61 Å². The number of unbranched alkanes of at least 4 members (excludes halogenated alkanes) is 1. The summed E-state index contributed by atoms with van der Waals surface area (Å²) in [5.41, 5.74) is -1.17. The minimum atomic E-state index is -0.773. The number of hydrogen-bond donors (Lipinski definition) is 2. The number of aliphatic hydroxyl groups excluding tert-OH is 1. The lowest BCUT2D eigenvalue weighted by Gasteiger charge is -2.24. The number of carbonyl (C=O) groups excluding carboxylic acids is 1. The first kappa shape index (κ1) is 23.4. The second-order valence-electron chi connectivity index (χ2n) is 7.08. The van der Waals surface area contributed by atoms with Crippen LogP contribution in [0.3, 0.4) is 0 Å². The second kappa shape index (κ2) is 12.7. The summed E-state index contributed by atoms with van der Waals surface area (Å²) < 4.78 is 5.56. The predicted octanol–water partition coefficient (Wildman–Crippen LogP) is 3.65. The van der Waals surface area contributed by atoms with E-state index in [1.54, 1.807) is 6.92 Å². The molecule has 5 nitrogen and oxygen atoms in total.